The van der Waals surface area contributed by atoms with Gasteiger partial charge in [-0.15, -0.1) is 0 Å². The number of Topliss-reactive ketones (excluding diaryl/α,β-unsaturated/α-hetero) is 1. The zero-order valence-electron chi connectivity index (χ0n) is 9.07. The molecule has 2 heteroatoms. The SMILES string of the molecule is CC(=O)[C@@H]1[C@H]2[C@H]3CC[C@H](C3)[C@H]2CN1C. The van der Waals surface area contributed by atoms with Gasteiger partial charge in [0.1, 0.15) is 5.78 Å². The average Bonchev–Trinajstić information content (AvgIpc) is 2.70. The lowest BCUT2D eigenvalue weighted by molar-refractivity contribution is -0.122. The van der Waals surface area contributed by atoms with Crippen molar-refractivity contribution < 1.29 is 4.79 Å². The molecule has 0 aromatic heterocycles. The van der Waals surface area contributed by atoms with Gasteiger partial charge in [-0.3, -0.25) is 9.69 Å². The Hall–Kier alpha value is -0.370. The van der Waals surface area contributed by atoms with Gasteiger partial charge in [0.2, 0.25) is 0 Å². The van der Waals surface area contributed by atoms with Gasteiger partial charge in [-0.2, -0.15) is 0 Å². The number of ketones is 1. The molecule has 0 N–H and O–H groups in total. The Morgan fingerprint density at radius 3 is 2.71 bits per heavy atom. The third-order valence-electron chi connectivity index (χ3n) is 4.91. The molecular formula is C12H19NO. The fourth-order valence-corrected chi connectivity index (χ4v) is 4.54. The number of likely N-dealkylation sites (N-methyl/N-ethyl adjacent to an activating group) is 1. The van der Waals surface area contributed by atoms with Crippen molar-refractivity contribution in [1.29, 1.82) is 0 Å². The molecule has 0 aromatic carbocycles. The Bertz CT molecular complexity index is 275. The summed E-state index contributed by atoms with van der Waals surface area (Å²) in [5, 5.41) is 0. The van der Waals surface area contributed by atoms with Gasteiger partial charge in [0, 0.05) is 6.54 Å². The number of fused-ring (bicyclic) bond motifs is 5. The van der Waals surface area contributed by atoms with Crippen LogP contribution in [-0.2, 0) is 4.79 Å². The summed E-state index contributed by atoms with van der Waals surface area (Å²) in [6.45, 7) is 2.95. The second kappa shape index (κ2) is 2.82. The molecule has 78 valence electrons. The lowest BCUT2D eigenvalue weighted by Gasteiger charge is -2.27. The van der Waals surface area contributed by atoms with Crippen molar-refractivity contribution in [2.75, 3.05) is 13.6 Å². The zero-order chi connectivity index (χ0) is 9.87. The highest BCUT2D eigenvalue weighted by Gasteiger charge is 2.56. The van der Waals surface area contributed by atoms with Crippen LogP contribution < -0.4 is 0 Å². The molecule has 1 saturated heterocycles. The fourth-order valence-electron chi connectivity index (χ4n) is 4.54. The maximum atomic E-state index is 11.6. The lowest BCUT2D eigenvalue weighted by atomic mass is 9.77. The first-order chi connectivity index (χ1) is 6.68. The van der Waals surface area contributed by atoms with Crippen LogP contribution in [0, 0.1) is 23.7 Å². The smallest absolute Gasteiger partial charge is 0.147 e. The van der Waals surface area contributed by atoms with E-state index in [0.717, 1.165) is 23.7 Å². The minimum atomic E-state index is 0.260. The highest BCUT2D eigenvalue weighted by atomic mass is 16.1. The molecule has 0 unspecified atom stereocenters. The Kier molecular flexibility index (Phi) is 1.79. The number of rotatable bonds is 1. The van der Waals surface area contributed by atoms with Crippen LogP contribution >= 0.6 is 0 Å². The second-order valence-electron chi connectivity index (χ2n) is 5.57. The molecule has 1 aliphatic heterocycles. The number of nitrogens with zero attached hydrogens (tertiary/aromatic N) is 1. The first kappa shape index (κ1) is 8.90. The molecule has 1 heterocycles. The highest BCUT2D eigenvalue weighted by molar-refractivity contribution is 5.82. The van der Waals surface area contributed by atoms with Crippen LogP contribution in [0.25, 0.3) is 0 Å². The van der Waals surface area contributed by atoms with Crippen molar-refractivity contribution in [1.82, 2.24) is 4.90 Å². The number of hydrogen-bond donors (Lipinski definition) is 0. The van der Waals surface area contributed by atoms with Gasteiger partial charge >= 0.3 is 0 Å². The van der Waals surface area contributed by atoms with Crippen LogP contribution in [0.5, 0.6) is 0 Å². The van der Waals surface area contributed by atoms with Crippen molar-refractivity contribution in [3.8, 4) is 0 Å². The first-order valence-electron chi connectivity index (χ1n) is 5.89. The molecule has 0 amide bonds. The molecule has 0 radical (unpaired) electrons. The van der Waals surface area contributed by atoms with Crippen LogP contribution in [0.1, 0.15) is 26.2 Å². The summed E-state index contributed by atoms with van der Waals surface area (Å²) >= 11 is 0. The van der Waals surface area contributed by atoms with Crippen molar-refractivity contribution in [3.05, 3.63) is 0 Å². The molecule has 14 heavy (non-hydrogen) atoms. The van der Waals surface area contributed by atoms with Crippen molar-refractivity contribution in [3.63, 3.8) is 0 Å². The van der Waals surface area contributed by atoms with E-state index in [0.29, 0.717) is 5.78 Å². The summed E-state index contributed by atoms with van der Waals surface area (Å²) in [6.07, 6.45) is 4.25. The largest absolute Gasteiger partial charge is 0.298 e. The maximum Gasteiger partial charge on any atom is 0.147 e. The second-order valence-corrected chi connectivity index (χ2v) is 5.57. The van der Waals surface area contributed by atoms with E-state index in [-0.39, 0.29) is 6.04 Å². The van der Waals surface area contributed by atoms with Crippen LogP contribution in [0.2, 0.25) is 0 Å². The van der Waals surface area contributed by atoms with Gasteiger partial charge < -0.3 is 0 Å². The van der Waals surface area contributed by atoms with E-state index in [1.54, 1.807) is 6.92 Å². The third kappa shape index (κ3) is 0.979. The van der Waals surface area contributed by atoms with Gasteiger partial charge in [0.05, 0.1) is 6.04 Å². The van der Waals surface area contributed by atoms with E-state index in [4.69, 9.17) is 0 Å². The quantitative estimate of drug-likeness (QED) is 0.630. The number of carbonyl (C=O) groups excluding carboxylic acids is 1. The molecule has 2 aliphatic carbocycles. The minimum Gasteiger partial charge on any atom is -0.298 e. The average molecular weight is 193 g/mol. The molecule has 0 spiro atoms. The normalized spacial score (nSPS) is 51.1. The van der Waals surface area contributed by atoms with Crippen molar-refractivity contribution in [2.24, 2.45) is 23.7 Å². The van der Waals surface area contributed by atoms with E-state index in [9.17, 15) is 4.79 Å². The highest BCUT2D eigenvalue weighted by Crippen LogP contribution is 2.57. The minimum absolute atomic E-state index is 0.260. The molecule has 5 atom stereocenters. The lowest BCUT2D eigenvalue weighted by Crippen LogP contribution is -2.38. The van der Waals surface area contributed by atoms with Crippen molar-refractivity contribution in [2.45, 2.75) is 32.2 Å². The fraction of sp³-hybridized carbons (Fsp3) is 0.917. The maximum absolute atomic E-state index is 11.6. The van der Waals surface area contributed by atoms with Crippen LogP contribution in [-0.4, -0.2) is 30.3 Å². The summed E-state index contributed by atoms with van der Waals surface area (Å²) in [4.78, 5) is 13.9. The molecule has 2 saturated carbocycles. The Labute approximate surface area is 85.7 Å². The topological polar surface area (TPSA) is 20.3 Å². The van der Waals surface area contributed by atoms with E-state index in [1.165, 1.54) is 25.8 Å². The standard InChI is InChI=1S/C12H19NO/c1-7(14)12-11-9-4-3-8(5-9)10(11)6-13(12)2/h8-12H,3-6H2,1-2H3/t8-,9+,10-,11+,12-/m1/s1. The third-order valence-corrected chi connectivity index (χ3v) is 4.91. The molecule has 3 rings (SSSR count). The predicted molar refractivity (Wildman–Crippen MR) is 54.9 cm³/mol. The summed E-state index contributed by atoms with van der Waals surface area (Å²) in [5.74, 6) is 3.80. The predicted octanol–water partition coefficient (Wildman–Crippen LogP) is 1.55. The summed E-state index contributed by atoms with van der Waals surface area (Å²) in [6, 6.07) is 0.260. The number of hydrogen-bond acceptors (Lipinski definition) is 2. The van der Waals surface area contributed by atoms with Gasteiger partial charge in [-0.1, -0.05) is 0 Å². The summed E-state index contributed by atoms with van der Waals surface area (Å²) in [5.41, 5.74) is 0. The molecule has 3 fully saturated rings. The molecule has 0 aromatic rings. The monoisotopic (exact) mass is 193 g/mol. The van der Waals surface area contributed by atoms with E-state index in [1.807, 2.05) is 0 Å². The molecule has 2 nitrogen and oxygen atoms in total. The Morgan fingerprint density at radius 1 is 1.29 bits per heavy atom. The molecule has 2 bridgehead atoms. The number of carbonyl (C=O) groups is 1. The van der Waals surface area contributed by atoms with E-state index in [2.05, 4.69) is 11.9 Å². The summed E-state index contributed by atoms with van der Waals surface area (Å²) < 4.78 is 0. The Morgan fingerprint density at radius 2 is 2.00 bits per heavy atom. The van der Waals surface area contributed by atoms with Gasteiger partial charge in [-0.05, 0) is 56.9 Å². The summed E-state index contributed by atoms with van der Waals surface area (Å²) in [7, 11) is 2.13. The van der Waals surface area contributed by atoms with E-state index >= 15 is 0 Å². The number of likely N-dealkylation sites (tertiary alicyclic amines) is 1. The van der Waals surface area contributed by atoms with Crippen molar-refractivity contribution >= 4 is 5.78 Å². The van der Waals surface area contributed by atoms with E-state index < -0.39 is 0 Å². The van der Waals surface area contributed by atoms with Crippen LogP contribution in [0.4, 0.5) is 0 Å². The molecular weight excluding hydrogens is 174 g/mol. The van der Waals surface area contributed by atoms with Crippen LogP contribution in [0.15, 0.2) is 0 Å². The first-order valence-corrected chi connectivity index (χ1v) is 5.89. The van der Waals surface area contributed by atoms with Gasteiger partial charge in [0.25, 0.3) is 0 Å². The van der Waals surface area contributed by atoms with Gasteiger partial charge in [0.15, 0.2) is 0 Å². The van der Waals surface area contributed by atoms with Crippen LogP contribution in [0.3, 0.4) is 0 Å². The Balaban J connectivity index is 1.91. The zero-order valence-corrected chi connectivity index (χ0v) is 9.07. The molecule has 3 aliphatic rings. The van der Waals surface area contributed by atoms with Gasteiger partial charge in [-0.25, -0.2) is 0 Å².